The topological polar surface area (TPSA) is 127 Å². The number of benzene rings is 2. The number of anilines is 1. The molecule has 0 aliphatic carbocycles. The number of methoxy groups -OCH3 is 3. The largest absolute Gasteiger partial charge is 0.497 e. The van der Waals surface area contributed by atoms with Gasteiger partial charge < -0.3 is 24.8 Å². The van der Waals surface area contributed by atoms with Crippen LogP contribution in [0.3, 0.4) is 0 Å². The molecule has 0 fully saturated rings. The van der Waals surface area contributed by atoms with Crippen LogP contribution in [0.25, 0.3) is 0 Å². The van der Waals surface area contributed by atoms with Crippen molar-refractivity contribution in [3.63, 3.8) is 0 Å². The monoisotopic (exact) mass is 481 g/mol. The number of nitriles is 1. The zero-order chi connectivity index (χ0) is 24.7. The highest BCUT2D eigenvalue weighted by Crippen LogP contribution is 2.40. The molecule has 2 amide bonds. The van der Waals surface area contributed by atoms with E-state index in [4.69, 9.17) is 14.2 Å². The van der Waals surface area contributed by atoms with Gasteiger partial charge in [-0.2, -0.15) is 5.26 Å². The predicted molar refractivity (Wildman–Crippen MR) is 126 cm³/mol. The molecule has 9 nitrogen and oxygen atoms in total. The molecular weight excluding hydrogens is 458 g/mol. The fraction of sp³-hybridized carbons (Fsp3) is 0.250. The van der Waals surface area contributed by atoms with Crippen molar-refractivity contribution in [1.29, 1.82) is 5.26 Å². The SMILES string of the molecule is COC(=O)C1C(=O)NC(SCC(=O)Nc2cccc(OC)c2)=C(C#N)C1c1ccc(OC)cc1. The third kappa shape index (κ3) is 5.50. The van der Waals surface area contributed by atoms with Crippen LogP contribution in [0.15, 0.2) is 59.1 Å². The number of hydrogen-bond acceptors (Lipinski definition) is 8. The van der Waals surface area contributed by atoms with Crippen LogP contribution in [0.1, 0.15) is 11.5 Å². The number of allylic oxidation sites excluding steroid dienone is 1. The average molecular weight is 482 g/mol. The second kappa shape index (κ2) is 11.2. The fourth-order valence-electron chi connectivity index (χ4n) is 3.53. The van der Waals surface area contributed by atoms with E-state index in [1.54, 1.807) is 48.5 Å². The summed E-state index contributed by atoms with van der Waals surface area (Å²) in [7, 11) is 4.23. The van der Waals surface area contributed by atoms with Crippen LogP contribution < -0.4 is 20.1 Å². The van der Waals surface area contributed by atoms with Gasteiger partial charge in [0.25, 0.3) is 0 Å². The van der Waals surface area contributed by atoms with Crippen molar-refractivity contribution < 1.29 is 28.6 Å². The summed E-state index contributed by atoms with van der Waals surface area (Å²) in [6.07, 6.45) is 0. The summed E-state index contributed by atoms with van der Waals surface area (Å²) in [4.78, 5) is 37.8. The van der Waals surface area contributed by atoms with Gasteiger partial charge in [-0.3, -0.25) is 14.4 Å². The smallest absolute Gasteiger partial charge is 0.319 e. The van der Waals surface area contributed by atoms with Gasteiger partial charge in [-0.15, -0.1) is 0 Å². The number of esters is 1. The maximum atomic E-state index is 12.9. The third-order valence-corrected chi connectivity index (χ3v) is 6.18. The van der Waals surface area contributed by atoms with E-state index in [0.717, 1.165) is 11.8 Å². The Morgan fingerprint density at radius 1 is 1.09 bits per heavy atom. The van der Waals surface area contributed by atoms with E-state index < -0.39 is 23.7 Å². The van der Waals surface area contributed by atoms with E-state index in [0.29, 0.717) is 22.7 Å². The molecule has 0 saturated heterocycles. The van der Waals surface area contributed by atoms with Crippen molar-refractivity contribution in [2.24, 2.45) is 5.92 Å². The summed E-state index contributed by atoms with van der Waals surface area (Å²) in [6.45, 7) is 0. The summed E-state index contributed by atoms with van der Waals surface area (Å²) in [6, 6.07) is 15.7. The lowest BCUT2D eigenvalue weighted by Gasteiger charge is -2.31. The van der Waals surface area contributed by atoms with Gasteiger partial charge in [0.15, 0.2) is 0 Å². The quantitative estimate of drug-likeness (QED) is 0.435. The number of carbonyl (C=O) groups is 3. The minimum absolute atomic E-state index is 0.0732. The minimum atomic E-state index is -1.25. The fourth-order valence-corrected chi connectivity index (χ4v) is 4.37. The van der Waals surface area contributed by atoms with Crippen LogP contribution in [-0.2, 0) is 19.1 Å². The molecular formula is C24H23N3O6S. The molecule has 1 heterocycles. The predicted octanol–water partition coefficient (Wildman–Crippen LogP) is 2.81. The van der Waals surface area contributed by atoms with Crippen LogP contribution in [0.2, 0.25) is 0 Å². The van der Waals surface area contributed by atoms with Crippen molar-refractivity contribution in [3.8, 4) is 17.6 Å². The zero-order valence-electron chi connectivity index (χ0n) is 18.8. The molecule has 1 aliphatic rings. The number of nitrogens with zero attached hydrogens (tertiary/aromatic N) is 1. The molecule has 3 rings (SSSR count). The Labute approximate surface area is 201 Å². The summed E-state index contributed by atoms with van der Waals surface area (Å²) < 4.78 is 15.1. The standard InChI is InChI=1S/C24H23N3O6S/c1-31-16-9-7-14(8-10-16)20-18(12-25)23(27-22(29)21(20)24(30)33-3)34-13-19(28)26-15-5-4-6-17(11-15)32-2/h4-11,20-21H,13H2,1-3H3,(H,26,28)(H,27,29). The van der Waals surface area contributed by atoms with Gasteiger partial charge in [-0.1, -0.05) is 30.0 Å². The Bertz CT molecular complexity index is 1160. The van der Waals surface area contributed by atoms with Crippen molar-refractivity contribution >= 4 is 35.2 Å². The molecule has 176 valence electrons. The zero-order valence-corrected chi connectivity index (χ0v) is 19.6. The molecule has 0 spiro atoms. The number of thioether (sulfide) groups is 1. The first-order valence-corrected chi connectivity index (χ1v) is 11.1. The molecule has 2 unspecified atom stereocenters. The van der Waals surface area contributed by atoms with Gasteiger partial charge in [-0.05, 0) is 29.8 Å². The van der Waals surface area contributed by atoms with E-state index in [2.05, 4.69) is 16.7 Å². The van der Waals surface area contributed by atoms with Crippen molar-refractivity contribution in [2.45, 2.75) is 5.92 Å². The van der Waals surface area contributed by atoms with Crippen LogP contribution in [0.4, 0.5) is 5.69 Å². The van der Waals surface area contributed by atoms with Crippen LogP contribution >= 0.6 is 11.8 Å². The van der Waals surface area contributed by atoms with Crippen LogP contribution in [0, 0.1) is 17.2 Å². The minimum Gasteiger partial charge on any atom is -0.497 e. The lowest BCUT2D eigenvalue weighted by Crippen LogP contribution is -2.44. The van der Waals surface area contributed by atoms with Crippen LogP contribution in [-0.4, -0.2) is 44.9 Å². The molecule has 2 N–H and O–H groups in total. The second-order valence-corrected chi connectivity index (χ2v) is 8.15. The molecule has 10 heteroatoms. The van der Waals surface area contributed by atoms with E-state index in [1.807, 2.05) is 0 Å². The molecule has 0 bridgehead atoms. The molecule has 2 aromatic carbocycles. The first-order chi connectivity index (χ1) is 16.4. The molecule has 1 aliphatic heterocycles. The van der Waals surface area contributed by atoms with E-state index in [9.17, 15) is 19.6 Å². The Morgan fingerprint density at radius 2 is 1.79 bits per heavy atom. The Morgan fingerprint density at radius 3 is 2.41 bits per heavy atom. The first kappa shape index (κ1) is 24.7. The number of carbonyl (C=O) groups excluding carboxylic acids is 3. The second-order valence-electron chi connectivity index (χ2n) is 7.16. The number of hydrogen-bond donors (Lipinski definition) is 2. The van der Waals surface area contributed by atoms with Gasteiger partial charge in [0.2, 0.25) is 11.8 Å². The number of ether oxygens (including phenoxy) is 3. The van der Waals surface area contributed by atoms with Crippen molar-refractivity contribution in [2.75, 3.05) is 32.4 Å². The molecule has 2 aromatic rings. The van der Waals surface area contributed by atoms with E-state index in [-0.39, 0.29) is 22.3 Å². The highest BCUT2D eigenvalue weighted by atomic mass is 32.2. The number of nitrogens with one attached hydrogen (secondary N) is 2. The van der Waals surface area contributed by atoms with Gasteiger partial charge >= 0.3 is 5.97 Å². The molecule has 0 aromatic heterocycles. The maximum absolute atomic E-state index is 12.9. The molecule has 2 atom stereocenters. The Kier molecular flexibility index (Phi) is 8.16. The lowest BCUT2D eigenvalue weighted by atomic mass is 9.78. The lowest BCUT2D eigenvalue weighted by molar-refractivity contribution is -0.150. The maximum Gasteiger partial charge on any atom is 0.319 e. The third-order valence-electron chi connectivity index (χ3n) is 5.16. The van der Waals surface area contributed by atoms with Crippen molar-refractivity contribution in [1.82, 2.24) is 5.32 Å². The van der Waals surface area contributed by atoms with Gasteiger partial charge in [0, 0.05) is 17.7 Å². The van der Waals surface area contributed by atoms with Gasteiger partial charge in [-0.25, -0.2) is 0 Å². The summed E-state index contributed by atoms with van der Waals surface area (Å²) in [5.74, 6) is -2.72. The molecule has 0 radical (unpaired) electrons. The van der Waals surface area contributed by atoms with E-state index >= 15 is 0 Å². The van der Waals surface area contributed by atoms with Gasteiger partial charge in [0.1, 0.15) is 17.4 Å². The van der Waals surface area contributed by atoms with Crippen molar-refractivity contribution in [3.05, 3.63) is 64.7 Å². The highest BCUT2D eigenvalue weighted by molar-refractivity contribution is 8.03. The van der Waals surface area contributed by atoms with Crippen LogP contribution in [0.5, 0.6) is 11.5 Å². The average Bonchev–Trinajstić information content (AvgIpc) is 2.86. The normalized spacial score (nSPS) is 17.3. The number of amides is 2. The Balaban J connectivity index is 1.87. The molecule has 34 heavy (non-hydrogen) atoms. The van der Waals surface area contributed by atoms with Gasteiger partial charge in [0.05, 0.1) is 43.8 Å². The summed E-state index contributed by atoms with van der Waals surface area (Å²) in [5, 5.41) is 15.5. The first-order valence-electron chi connectivity index (χ1n) is 10.2. The number of rotatable bonds is 8. The Hall–Kier alpha value is -3.97. The summed E-state index contributed by atoms with van der Waals surface area (Å²) >= 11 is 1.00. The highest BCUT2D eigenvalue weighted by Gasteiger charge is 2.44. The molecule has 0 saturated carbocycles. The van der Waals surface area contributed by atoms with E-state index in [1.165, 1.54) is 21.3 Å². The summed E-state index contributed by atoms with van der Waals surface area (Å²) in [5.41, 5.74) is 1.29.